The van der Waals surface area contributed by atoms with E-state index in [0.717, 1.165) is 56.7 Å². The molecule has 1 aromatic heterocycles. The van der Waals surface area contributed by atoms with E-state index in [1.807, 2.05) is 0 Å². The lowest BCUT2D eigenvalue weighted by molar-refractivity contribution is -0.0658. The molecule has 5 heteroatoms. The minimum atomic E-state index is -0.351. The maximum atomic E-state index is 6.07. The zero-order chi connectivity index (χ0) is 14.9. The molecule has 5 nitrogen and oxygen atoms in total. The summed E-state index contributed by atoms with van der Waals surface area (Å²) in [4.78, 5) is 4.71. The fourth-order valence-corrected chi connectivity index (χ4v) is 4.02. The number of methoxy groups -OCH3 is 1. The molecule has 0 bridgehead atoms. The molecule has 0 radical (unpaired) electrons. The molecule has 0 aliphatic heterocycles. The molecule has 0 spiro atoms. The molecule has 2 saturated carbocycles. The third kappa shape index (κ3) is 2.99. The monoisotopic (exact) mass is 293 g/mol. The van der Waals surface area contributed by atoms with Crippen molar-refractivity contribution in [2.45, 2.75) is 75.9 Å². The highest BCUT2D eigenvalue weighted by Gasteiger charge is 2.41. The molecule has 0 saturated heterocycles. The molecular weight excluding hydrogens is 266 g/mol. The van der Waals surface area contributed by atoms with Crippen LogP contribution in [0.3, 0.4) is 0 Å². The van der Waals surface area contributed by atoms with Crippen LogP contribution in [0.2, 0.25) is 0 Å². The smallest absolute Gasteiger partial charge is 0.229 e. The highest BCUT2D eigenvalue weighted by Crippen LogP contribution is 2.42. The average Bonchev–Trinajstić information content (AvgIpc) is 2.97. The van der Waals surface area contributed by atoms with Gasteiger partial charge in [-0.3, -0.25) is 0 Å². The molecule has 21 heavy (non-hydrogen) atoms. The van der Waals surface area contributed by atoms with E-state index in [0.29, 0.717) is 11.8 Å². The van der Waals surface area contributed by atoms with Gasteiger partial charge in [-0.1, -0.05) is 24.9 Å². The molecule has 1 heterocycles. The van der Waals surface area contributed by atoms with E-state index >= 15 is 0 Å². The van der Waals surface area contributed by atoms with Crippen LogP contribution < -0.4 is 5.73 Å². The van der Waals surface area contributed by atoms with Crippen molar-refractivity contribution in [3.63, 3.8) is 0 Å². The normalized spacial score (nSPS) is 37.6. The van der Waals surface area contributed by atoms with Crippen LogP contribution in [0, 0.1) is 5.92 Å². The van der Waals surface area contributed by atoms with E-state index < -0.39 is 0 Å². The number of hydrogen-bond donors (Lipinski definition) is 1. The largest absolute Gasteiger partial charge is 0.370 e. The molecule has 2 aliphatic carbocycles. The Hall–Kier alpha value is -0.940. The first-order valence-electron chi connectivity index (χ1n) is 8.28. The van der Waals surface area contributed by atoms with Crippen molar-refractivity contribution in [1.29, 1.82) is 0 Å². The molecule has 118 valence electrons. The number of hydrogen-bond acceptors (Lipinski definition) is 5. The molecule has 4 unspecified atom stereocenters. The molecule has 0 amide bonds. The maximum Gasteiger partial charge on any atom is 0.229 e. The molecule has 1 aromatic rings. The Balaban J connectivity index is 1.79. The molecule has 3 rings (SSSR count). The summed E-state index contributed by atoms with van der Waals surface area (Å²) in [5.41, 5.74) is 5.72. The number of rotatable bonds is 3. The second-order valence-corrected chi connectivity index (χ2v) is 6.98. The van der Waals surface area contributed by atoms with E-state index in [9.17, 15) is 0 Å². The van der Waals surface area contributed by atoms with Gasteiger partial charge in [-0.2, -0.15) is 4.98 Å². The minimum Gasteiger partial charge on any atom is -0.370 e. The fraction of sp³-hybridized carbons (Fsp3) is 0.875. The Labute approximate surface area is 126 Å². The first-order valence-corrected chi connectivity index (χ1v) is 8.28. The lowest BCUT2D eigenvalue weighted by Gasteiger charge is -2.36. The van der Waals surface area contributed by atoms with Crippen molar-refractivity contribution in [3.8, 4) is 0 Å². The average molecular weight is 293 g/mol. The van der Waals surface area contributed by atoms with E-state index in [-0.39, 0.29) is 11.6 Å². The molecule has 2 fully saturated rings. The Kier molecular flexibility index (Phi) is 4.31. The third-order valence-corrected chi connectivity index (χ3v) is 5.26. The molecular formula is C16H27N3O2. The summed E-state index contributed by atoms with van der Waals surface area (Å²) in [5, 5.41) is 4.27. The third-order valence-electron chi connectivity index (χ3n) is 5.26. The summed E-state index contributed by atoms with van der Waals surface area (Å²) in [6.45, 7) is 2.27. The minimum absolute atomic E-state index is 0.269. The van der Waals surface area contributed by atoms with Gasteiger partial charge < -0.3 is 15.0 Å². The van der Waals surface area contributed by atoms with Gasteiger partial charge in [0, 0.05) is 19.1 Å². The Bertz CT molecular complexity index is 476. The van der Waals surface area contributed by atoms with Crippen LogP contribution in [0.15, 0.2) is 4.52 Å². The van der Waals surface area contributed by atoms with Crippen LogP contribution in [-0.4, -0.2) is 23.3 Å². The fourth-order valence-electron chi connectivity index (χ4n) is 4.02. The summed E-state index contributed by atoms with van der Waals surface area (Å²) in [7, 11) is 1.77. The Morgan fingerprint density at radius 1 is 1.29 bits per heavy atom. The molecule has 2 N–H and O–H groups in total. The highest BCUT2D eigenvalue weighted by molar-refractivity contribution is 5.06. The van der Waals surface area contributed by atoms with Gasteiger partial charge in [0.2, 0.25) is 11.7 Å². The predicted molar refractivity (Wildman–Crippen MR) is 79.8 cm³/mol. The predicted octanol–water partition coefficient (Wildman–Crippen LogP) is 3.11. The Morgan fingerprint density at radius 3 is 2.86 bits per heavy atom. The van der Waals surface area contributed by atoms with Gasteiger partial charge in [0.1, 0.15) is 5.60 Å². The van der Waals surface area contributed by atoms with E-state index in [4.69, 9.17) is 20.0 Å². The molecule has 4 atom stereocenters. The van der Waals surface area contributed by atoms with Crippen molar-refractivity contribution >= 4 is 0 Å². The SMILES string of the molecule is COC1(c2noc(C3CCCC(N)C3)n2)CCCC(C)C1. The quantitative estimate of drug-likeness (QED) is 0.927. The van der Waals surface area contributed by atoms with Crippen molar-refractivity contribution in [2.24, 2.45) is 11.7 Å². The van der Waals surface area contributed by atoms with Crippen molar-refractivity contribution in [1.82, 2.24) is 10.1 Å². The van der Waals surface area contributed by atoms with Crippen LogP contribution in [-0.2, 0) is 10.3 Å². The summed E-state index contributed by atoms with van der Waals surface area (Å²) >= 11 is 0. The lowest BCUT2D eigenvalue weighted by atomic mass is 9.78. The van der Waals surface area contributed by atoms with Crippen LogP contribution in [0.1, 0.15) is 75.9 Å². The van der Waals surface area contributed by atoms with Crippen LogP contribution in [0.4, 0.5) is 0 Å². The summed E-state index contributed by atoms with van der Waals surface area (Å²) in [5.74, 6) is 2.47. The second-order valence-electron chi connectivity index (χ2n) is 6.98. The second kappa shape index (κ2) is 6.05. The highest BCUT2D eigenvalue weighted by atomic mass is 16.5. The summed E-state index contributed by atoms with van der Waals surface area (Å²) < 4.78 is 11.4. The van der Waals surface area contributed by atoms with Gasteiger partial charge >= 0.3 is 0 Å². The Morgan fingerprint density at radius 2 is 2.14 bits per heavy atom. The summed E-state index contributed by atoms with van der Waals surface area (Å²) in [6.07, 6.45) is 8.70. The van der Waals surface area contributed by atoms with Gasteiger partial charge in [-0.25, -0.2) is 0 Å². The van der Waals surface area contributed by atoms with Crippen LogP contribution in [0.5, 0.6) is 0 Å². The lowest BCUT2D eigenvalue weighted by Crippen LogP contribution is -2.35. The van der Waals surface area contributed by atoms with Crippen LogP contribution in [0.25, 0.3) is 0 Å². The molecule has 0 aromatic carbocycles. The first-order chi connectivity index (χ1) is 10.1. The van der Waals surface area contributed by atoms with Crippen molar-refractivity contribution in [2.75, 3.05) is 7.11 Å². The van der Waals surface area contributed by atoms with Gasteiger partial charge in [-0.05, 0) is 44.4 Å². The maximum absolute atomic E-state index is 6.07. The van der Waals surface area contributed by atoms with Crippen LogP contribution >= 0.6 is 0 Å². The number of ether oxygens (including phenoxy) is 1. The summed E-state index contributed by atoms with van der Waals surface area (Å²) in [6, 6.07) is 0.269. The zero-order valence-electron chi connectivity index (χ0n) is 13.2. The van der Waals surface area contributed by atoms with Gasteiger partial charge in [0.05, 0.1) is 0 Å². The molecule has 2 aliphatic rings. The van der Waals surface area contributed by atoms with E-state index in [1.165, 1.54) is 6.42 Å². The van der Waals surface area contributed by atoms with Crippen molar-refractivity contribution < 1.29 is 9.26 Å². The number of nitrogens with two attached hydrogens (primary N) is 1. The zero-order valence-corrected chi connectivity index (χ0v) is 13.2. The number of nitrogens with zero attached hydrogens (tertiary/aromatic N) is 2. The van der Waals surface area contributed by atoms with Crippen molar-refractivity contribution in [3.05, 3.63) is 11.7 Å². The topological polar surface area (TPSA) is 74.2 Å². The standard InChI is InChI=1S/C16H27N3O2/c1-11-5-4-8-16(10-11,20-2)15-18-14(21-19-15)12-6-3-7-13(17)9-12/h11-13H,3-10,17H2,1-2H3. The van der Waals surface area contributed by atoms with Gasteiger partial charge in [-0.15, -0.1) is 0 Å². The van der Waals surface area contributed by atoms with E-state index in [2.05, 4.69) is 12.1 Å². The van der Waals surface area contributed by atoms with Gasteiger partial charge in [0.15, 0.2) is 0 Å². The van der Waals surface area contributed by atoms with E-state index in [1.54, 1.807) is 7.11 Å². The van der Waals surface area contributed by atoms with Gasteiger partial charge in [0.25, 0.3) is 0 Å². The first kappa shape index (κ1) is 15.0. The number of aromatic nitrogens is 2.